The van der Waals surface area contributed by atoms with E-state index in [1.807, 2.05) is 0 Å². The highest BCUT2D eigenvalue weighted by molar-refractivity contribution is 6.18. The lowest BCUT2D eigenvalue weighted by Gasteiger charge is -2.11. The molecule has 1 heterocycles. The molecule has 1 aliphatic heterocycles. The Bertz CT molecular complexity index is 299. The van der Waals surface area contributed by atoms with E-state index < -0.39 is 0 Å². The van der Waals surface area contributed by atoms with Crippen molar-refractivity contribution in [1.29, 1.82) is 0 Å². The number of hydrogen-bond donors (Lipinski definition) is 1. The molecule has 0 aliphatic carbocycles. The normalized spacial score (nSPS) is 26.7. The molecular weight excluding hydrogens is 198 g/mol. The van der Waals surface area contributed by atoms with Gasteiger partial charge in [-0.3, -0.25) is 5.32 Å². The zero-order valence-corrected chi connectivity index (χ0v) is 8.92. The molecular formula is C11H14ClNO. The molecule has 1 aromatic carbocycles. The predicted octanol–water partition coefficient (Wildman–Crippen LogP) is 2.22. The fourth-order valence-corrected chi connectivity index (χ4v) is 1.74. The van der Waals surface area contributed by atoms with Gasteiger partial charge in [-0.15, -0.1) is 11.6 Å². The monoisotopic (exact) mass is 211 g/mol. The van der Waals surface area contributed by atoms with E-state index in [2.05, 4.69) is 36.5 Å². The summed E-state index contributed by atoms with van der Waals surface area (Å²) in [7, 11) is 0. The topological polar surface area (TPSA) is 21.3 Å². The molecule has 0 saturated carbocycles. The minimum Gasteiger partial charge on any atom is -0.353 e. The van der Waals surface area contributed by atoms with Crippen molar-refractivity contribution in [2.75, 3.05) is 12.4 Å². The van der Waals surface area contributed by atoms with Crippen LogP contribution in [0.25, 0.3) is 0 Å². The molecule has 1 aliphatic rings. The molecule has 2 rings (SSSR count). The third kappa shape index (κ3) is 2.08. The summed E-state index contributed by atoms with van der Waals surface area (Å²) in [6.07, 6.45) is 0.155. The average molecular weight is 212 g/mol. The summed E-state index contributed by atoms with van der Waals surface area (Å²) >= 11 is 5.72. The molecule has 76 valence electrons. The maximum absolute atomic E-state index is 5.72. The number of nitrogens with one attached hydrogen (secondary N) is 1. The first-order valence-electron chi connectivity index (χ1n) is 4.81. The second-order valence-corrected chi connectivity index (χ2v) is 3.92. The van der Waals surface area contributed by atoms with E-state index in [1.54, 1.807) is 0 Å². The highest BCUT2D eigenvalue weighted by atomic mass is 35.5. The van der Waals surface area contributed by atoms with Crippen LogP contribution in [0.1, 0.15) is 17.4 Å². The van der Waals surface area contributed by atoms with Crippen molar-refractivity contribution in [2.24, 2.45) is 0 Å². The second-order valence-electron chi connectivity index (χ2n) is 3.61. The van der Waals surface area contributed by atoms with Crippen LogP contribution in [0.3, 0.4) is 0 Å². The van der Waals surface area contributed by atoms with Crippen molar-refractivity contribution in [3.05, 3.63) is 35.4 Å². The van der Waals surface area contributed by atoms with E-state index in [-0.39, 0.29) is 12.3 Å². The van der Waals surface area contributed by atoms with Gasteiger partial charge in [0.15, 0.2) is 0 Å². The average Bonchev–Trinajstić information content (AvgIpc) is 2.67. The molecule has 0 aromatic heterocycles. The molecule has 0 radical (unpaired) electrons. The van der Waals surface area contributed by atoms with Crippen molar-refractivity contribution >= 4 is 11.6 Å². The molecule has 1 saturated heterocycles. The highest BCUT2D eigenvalue weighted by Crippen LogP contribution is 2.21. The first-order chi connectivity index (χ1) is 6.79. The molecule has 3 heteroatoms. The molecule has 1 N–H and O–H groups in total. The highest BCUT2D eigenvalue weighted by Gasteiger charge is 2.24. The van der Waals surface area contributed by atoms with Crippen LogP contribution in [0.4, 0.5) is 0 Å². The zero-order chi connectivity index (χ0) is 9.97. The van der Waals surface area contributed by atoms with Crippen LogP contribution in [0.2, 0.25) is 0 Å². The molecule has 1 aromatic rings. The van der Waals surface area contributed by atoms with Gasteiger partial charge in [-0.25, -0.2) is 0 Å². The number of halogens is 1. The summed E-state index contributed by atoms with van der Waals surface area (Å²) in [5.41, 5.74) is 2.43. The Balaban J connectivity index is 2.06. The van der Waals surface area contributed by atoms with E-state index >= 15 is 0 Å². The minimum absolute atomic E-state index is 0.0133. The summed E-state index contributed by atoms with van der Waals surface area (Å²) in [6, 6.07) is 8.36. The van der Waals surface area contributed by atoms with Crippen LogP contribution in [-0.4, -0.2) is 18.5 Å². The first kappa shape index (κ1) is 9.97. The van der Waals surface area contributed by atoms with Gasteiger partial charge in [0.2, 0.25) is 0 Å². The van der Waals surface area contributed by atoms with Gasteiger partial charge in [0, 0.05) is 12.4 Å². The Morgan fingerprint density at radius 2 is 2.14 bits per heavy atom. The maximum Gasteiger partial charge on any atom is 0.134 e. The third-order valence-corrected chi connectivity index (χ3v) is 2.76. The quantitative estimate of drug-likeness (QED) is 0.758. The number of ether oxygens (including phenoxy) is 1. The summed E-state index contributed by atoms with van der Waals surface area (Å²) in [5.74, 6) is 0.551. The lowest BCUT2D eigenvalue weighted by Crippen LogP contribution is -2.15. The smallest absolute Gasteiger partial charge is 0.134 e. The Hall–Kier alpha value is -0.570. The molecule has 2 atom stereocenters. The molecule has 1 fully saturated rings. The summed E-state index contributed by atoms with van der Waals surface area (Å²) in [5, 5.41) is 3.29. The maximum atomic E-state index is 5.72. The lowest BCUT2D eigenvalue weighted by atomic mass is 10.1. The zero-order valence-electron chi connectivity index (χ0n) is 8.16. The van der Waals surface area contributed by atoms with Crippen LogP contribution in [0, 0.1) is 6.92 Å². The number of hydrogen-bond acceptors (Lipinski definition) is 2. The van der Waals surface area contributed by atoms with Gasteiger partial charge in [0.25, 0.3) is 0 Å². The van der Waals surface area contributed by atoms with Crippen LogP contribution >= 0.6 is 11.6 Å². The lowest BCUT2D eigenvalue weighted by molar-refractivity contribution is 0.0528. The molecule has 0 spiro atoms. The van der Waals surface area contributed by atoms with Gasteiger partial charge >= 0.3 is 0 Å². The molecule has 0 amide bonds. The van der Waals surface area contributed by atoms with E-state index in [9.17, 15) is 0 Å². The van der Waals surface area contributed by atoms with Gasteiger partial charge in [0.1, 0.15) is 6.23 Å². The molecule has 2 nitrogen and oxygen atoms in total. The molecule has 0 bridgehead atoms. The second kappa shape index (κ2) is 4.30. The van der Waals surface area contributed by atoms with Crippen LogP contribution < -0.4 is 5.32 Å². The van der Waals surface area contributed by atoms with E-state index in [4.69, 9.17) is 16.3 Å². The van der Waals surface area contributed by atoms with Crippen LogP contribution in [0.5, 0.6) is 0 Å². The van der Waals surface area contributed by atoms with Gasteiger partial charge in [-0.05, 0) is 12.5 Å². The van der Waals surface area contributed by atoms with Crippen LogP contribution in [-0.2, 0) is 4.74 Å². The molecule has 0 unspecified atom stereocenters. The van der Waals surface area contributed by atoms with Gasteiger partial charge in [-0.2, -0.15) is 0 Å². The summed E-state index contributed by atoms with van der Waals surface area (Å²) in [6.45, 7) is 2.91. The van der Waals surface area contributed by atoms with Gasteiger partial charge in [0.05, 0.1) is 6.10 Å². The van der Waals surface area contributed by atoms with Crippen LogP contribution in [0.15, 0.2) is 24.3 Å². The molecule has 14 heavy (non-hydrogen) atoms. The fraction of sp³-hybridized carbons (Fsp3) is 0.455. The van der Waals surface area contributed by atoms with Crippen molar-refractivity contribution in [3.63, 3.8) is 0 Å². The van der Waals surface area contributed by atoms with Crippen molar-refractivity contribution in [2.45, 2.75) is 19.3 Å². The standard InChI is InChI=1S/C11H14ClNO/c1-8-2-4-9(5-3-8)11-13-7-10(6-12)14-11/h2-5,10-11,13H,6-7H2,1H3/t10-,11-/m1/s1. The van der Waals surface area contributed by atoms with E-state index in [0.717, 1.165) is 6.54 Å². The Morgan fingerprint density at radius 1 is 1.43 bits per heavy atom. The number of benzene rings is 1. The number of rotatable bonds is 2. The number of aryl methyl sites for hydroxylation is 1. The summed E-state index contributed by atoms with van der Waals surface area (Å²) < 4.78 is 5.69. The summed E-state index contributed by atoms with van der Waals surface area (Å²) in [4.78, 5) is 0. The van der Waals surface area contributed by atoms with Crippen molar-refractivity contribution in [1.82, 2.24) is 5.32 Å². The van der Waals surface area contributed by atoms with E-state index in [1.165, 1.54) is 11.1 Å². The number of alkyl halides is 1. The van der Waals surface area contributed by atoms with Gasteiger partial charge in [-0.1, -0.05) is 29.8 Å². The Labute approximate surface area is 89.2 Å². The third-order valence-electron chi connectivity index (χ3n) is 2.41. The Kier molecular flexibility index (Phi) is 3.06. The largest absolute Gasteiger partial charge is 0.353 e. The van der Waals surface area contributed by atoms with Gasteiger partial charge < -0.3 is 4.74 Å². The Morgan fingerprint density at radius 3 is 2.71 bits per heavy atom. The SMILES string of the molecule is Cc1ccc([C@@H]2NC[C@@H](CCl)O2)cc1. The first-order valence-corrected chi connectivity index (χ1v) is 5.34. The van der Waals surface area contributed by atoms with Crippen molar-refractivity contribution < 1.29 is 4.74 Å². The van der Waals surface area contributed by atoms with Crippen molar-refractivity contribution in [3.8, 4) is 0 Å². The predicted molar refractivity (Wildman–Crippen MR) is 57.5 cm³/mol. The van der Waals surface area contributed by atoms with E-state index in [0.29, 0.717) is 5.88 Å². The fourth-order valence-electron chi connectivity index (χ4n) is 1.56. The minimum atomic E-state index is 0.0133.